The molecule has 0 aliphatic rings. The van der Waals surface area contributed by atoms with Crippen molar-refractivity contribution < 1.29 is 0 Å². The van der Waals surface area contributed by atoms with Gasteiger partial charge in [0.25, 0.3) is 0 Å². The van der Waals surface area contributed by atoms with E-state index in [2.05, 4.69) is 49.5 Å². The molecule has 0 fully saturated rings. The number of hydrogen-bond donors (Lipinski definition) is 1. The molecule has 0 aliphatic heterocycles. The summed E-state index contributed by atoms with van der Waals surface area (Å²) in [5.41, 5.74) is 1.31. The van der Waals surface area contributed by atoms with Crippen molar-refractivity contribution in [2.24, 2.45) is 0 Å². The summed E-state index contributed by atoms with van der Waals surface area (Å²) in [6, 6.07) is 13.3. The van der Waals surface area contributed by atoms with Crippen molar-refractivity contribution >= 4 is 0 Å². The van der Waals surface area contributed by atoms with Crippen LogP contribution in [0, 0.1) is 11.3 Å². The summed E-state index contributed by atoms with van der Waals surface area (Å²) < 4.78 is 0. The van der Waals surface area contributed by atoms with E-state index in [0.717, 1.165) is 12.8 Å². The van der Waals surface area contributed by atoms with Gasteiger partial charge in [0, 0.05) is 12.1 Å². The lowest BCUT2D eigenvalue weighted by Gasteiger charge is -2.23. The van der Waals surface area contributed by atoms with Crippen molar-refractivity contribution in [3.05, 3.63) is 35.9 Å². The van der Waals surface area contributed by atoms with Crippen LogP contribution in [0.5, 0.6) is 0 Å². The molecule has 0 aliphatic carbocycles. The van der Waals surface area contributed by atoms with Gasteiger partial charge in [0.1, 0.15) is 0 Å². The highest BCUT2D eigenvalue weighted by molar-refractivity contribution is 5.18. The van der Waals surface area contributed by atoms with Gasteiger partial charge in [-0.05, 0) is 18.4 Å². The third kappa shape index (κ3) is 3.67. The number of nitriles is 1. The van der Waals surface area contributed by atoms with Gasteiger partial charge in [0.15, 0.2) is 0 Å². The molecule has 0 aromatic heterocycles. The maximum absolute atomic E-state index is 8.73. The highest BCUT2D eigenvalue weighted by Gasteiger charge is 2.13. The quantitative estimate of drug-likeness (QED) is 0.791. The molecular weight excluding hydrogens is 196 g/mol. The Hall–Kier alpha value is -1.33. The Morgan fingerprint density at radius 1 is 1.19 bits per heavy atom. The number of benzene rings is 1. The molecule has 0 radical (unpaired) electrons. The smallest absolute Gasteiger partial charge is 0.0638 e. The minimum Gasteiger partial charge on any atom is -0.306 e. The van der Waals surface area contributed by atoms with Crippen LogP contribution >= 0.6 is 0 Å². The first-order chi connectivity index (χ1) is 7.81. The fourth-order valence-electron chi connectivity index (χ4n) is 1.85. The van der Waals surface area contributed by atoms with E-state index in [1.165, 1.54) is 5.56 Å². The molecule has 0 saturated heterocycles. The molecule has 1 aromatic carbocycles. The largest absolute Gasteiger partial charge is 0.306 e. The molecule has 86 valence electrons. The van der Waals surface area contributed by atoms with Gasteiger partial charge in [0.2, 0.25) is 0 Å². The minimum atomic E-state index is 0.301. The van der Waals surface area contributed by atoms with E-state index in [0.29, 0.717) is 18.5 Å². The molecule has 2 heteroatoms. The average Bonchev–Trinajstić information content (AvgIpc) is 2.35. The summed E-state index contributed by atoms with van der Waals surface area (Å²) in [5, 5.41) is 12.3. The lowest BCUT2D eigenvalue weighted by Crippen LogP contribution is -2.31. The van der Waals surface area contributed by atoms with Crippen LogP contribution in [0.2, 0.25) is 0 Å². The first-order valence-corrected chi connectivity index (χ1v) is 5.99. The molecule has 0 bridgehead atoms. The van der Waals surface area contributed by atoms with Crippen LogP contribution in [-0.2, 0) is 0 Å². The van der Waals surface area contributed by atoms with E-state index in [4.69, 9.17) is 5.26 Å². The summed E-state index contributed by atoms with van der Waals surface area (Å²) in [6.45, 7) is 4.29. The second-order valence-electron chi connectivity index (χ2n) is 4.01. The molecule has 1 aromatic rings. The molecule has 2 unspecified atom stereocenters. The van der Waals surface area contributed by atoms with Crippen molar-refractivity contribution in [3.63, 3.8) is 0 Å². The molecule has 1 rings (SSSR count). The Morgan fingerprint density at radius 3 is 2.38 bits per heavy atom. The zero-order valence-corrected chi connectivity index (χ0v) is 10.1. The molecule has 0 saturated carbocycles. The van der Waals surface area contributed by atoms with Crippen LogP contribution in [0.15, 0.2) is 30.3 Å². The van der Waals surface area contributed by atoms with E-state index in [1.807, 2.05) is 6.07 Å². The summed E-state index contributed by atoms with van der Waals surface area (Å²) in [4.78, 5) is 0. The second kappa shape index (κ2) is 7.03. The number of hydrogen-bond acceptors (Lipinski definition) is 2. The molecule has 1 N–H and O–H groups in total. The van der Waals surface area contributed by atoms with Gasteiger partial charge in [-0.15, -0.1) is 0 Å². The highest BCUT2D eigenvalue weighted by atomic mass is 14.9. The third-order valence-electron chi connectivity index (χ3n) is 2.88. The Labute approximate surface area is 98.3 Å². The topological polar surface area (TPSA) is 35.8 Å². The summed E-state index contributed by atoms with van der Waals surface area (Å²) in [6.07, 6.45) is 2.63. The van der Waals surface area contributed by atoms with Gasteiger partial charge in [-0.1, -0.05) is 44.2 Å². The van der Waals surface area contributed by atoms with E-state index < -0.39 is 0 Å². The fourth-order valence-corrected chi connectivity index (χ4v) is 1.85. The lowest BCUT2D eigenvalue weighted by molar-refractivity contribution is 0.420. The minimum absolute atomic E-state index is 0.301. The SMILES string of the molecule is CCC(CC#N)NC(CC)c1ccccc1. The van der Waals surface area contributed by atoms with Gasteiger partial charge in [-0.3, -0.25) is 0 Å². The molecular formula is C14H20N2. The monoisotopic (exact) mass is 216 g/mol. The van der Waals surface area contributed by atoms with Gasteiger partial charge in [-0.2, -0.15) is 5.26 Å². The van der Waals surface area contributed by atoms with Crippen LogP contribution in [0.25, 0.3) is 0 Å². The standard InChI is InChI=1S/C14H20N2/c1-3-13(10-11-15)16-14(4-2)12-8-6-5-7-9-12/h5-9,13-14,16H,3-4,10H2,1-2H3. The maximum Gasteiger partial charge on any atom is 0.0638 e. The highest BCUT2D eigenvalue weighted by Crippen LogP contribution is 2.17. The van der Waals surface area contributed by atoms with Gasteiger partial charge < -0.3 is 5.32 Å². The predicted octanol–water partition coefficient (Wildman–Crippen LogP) is 3.42. The van der Waals surface area contributed by atoms with Crippen LogP contribution in [0.1, 0.15) is 44.7 Å². The molecule has 2 atom stereocenters. The molecule has 16 heavy (non-hydrogen) atoms. The van der Waals surface area contributed by atoms with Crippen molar-refractivity contribution in [2.75, 3.05) is 0 Å². The van der Waals surface area contributed by atoms with Crippen molar-refractivity contribution in [1.29, 1.82) is 5.26 Å². The third-order valence-corrected chi connectivity index (χ3v) is 2.88. The molecule has 0 amide bonds. The normalized spacial score (nSPS) is 14.1. The van der Waals surface area contributed by atoms with Crippen LogP contribution in [0.4, 0.5) is 0 Å². The van der Waals surface area contributed by atoms with Crippen molar-refractivity contribution in [3.8, 4) is 6.07 Å². The Balaban J connectivity index is 2.65. The maximum atomic E-state index is 8.73. The zero-order chi connectivity index (χ0) is 11.8. The summed E-state index contributed by atoms with van der Waals surface area (Å²) in [5.74, 6) is 0. The molecule has 0 spiro atoms. The Bertz CT molecular complexity index is 326. The molecule has 0 heterocycles. The van der Waals surface area contributed by atoms with Crippen LogP contribution < -0.4 is 5.32 Å². The Morgan fingerprint density at radius 2 is 1.88 bits per heavy atom. The summed E-state index contributed by atoms with van der Waals surface area (Å²) >= 11 is 0. The van der Waals surface area contributed by atoms with Gasteiger partial charge in [-0.25, -0.2) is 0 Å². The fraction of sp³-hybridized carbons (Fsp3) is 0.500. The predicted molar refractivity (Wildman–Crippen MR) is 66.9 cm³/mol. The lowest BCUT2D eigenvalue weighted by atomic mass is 10.0. The van der Waals surface area contributed by atoms with Crippen molar-refractivity contribution in [2.45, 2.75) is 45.2 Å². The van der Waals surface area contributed by atoms with Crippen LogP contribution in [0.3, 0.4) is 0 Å². The van der Waals surface area contributed by atoms with E-state index in [1.54, 1.807) is 0 Å². The Kier molecular flexibility index (Phi) is 5.60. The number of rotatable bonds is 6. The average molecular weight is 216 g/mol. The van der Waals surface area contributed by atoms with Gasteiger partial charge >= 0.3 is 0 Å². The first-order valence-electron chi connectivity index (χ1n) is 5.99. The summed E-state index contributed by atoms with van der Waals surface area (Å²) in [7, 11) is 0. The number of nitrogens with one attached hydrogen (secondary N) is 1. The van der Waals surface area contributed by atoms with E-state index in [-0.39, 0.29) is 0 Å². The first kappa shape index (κ1) is 12.7. The second-order valence-corrected chi connectivity index (χ2v) is 4.01. The van der Waals surface area contributed by atoms with Crippen LogP contribution in [-0.4, -0.2) is 6.04 Å². The van der Waals surface area contributed by atoms with E-state index >= 15 is 0 Å². The molecule has 2 nitrogen and oxygen atoms in total. The number of nitrogens with zero attached hydrogens (tertiary/aromatic N) is 1. The van der Waals surface area contributed by atoms with Crippen molar-refractivity contribution in [1.82, 2.24) is 5.32 Å². The van der Waals surface area contributed by atoms with E-state index in [9.17, 15) is 0 Å². The van der Waals surface area contributed by atoms with Gasteiger partial charge in [0.05, 0.1) is 12.5 Å². The zero-order valence-electron chi connectivity index (χ0n) is 10.1.